The van der Waals surface area contributed by atoms with E-state index >= 15 is 0 Å². The Morgan fingerprint density at radius 3 is 1.30 bits per heavy atom. The van der Waals surface area contributed by atoms with Crippen molar-refractivity contribution in [2.75, 3.05) is 31.6 Å². The van der Waals surface area contributed by atoms with Gasteiger partial charge in [-0.05, 0) is 57.1 Å². The van der Waals surface area contributed by atoms with Crippen LogP contribution in [0.4, 0.5) is 0 Å². The molecule has 2 atom stereocenters. The molecule has 0 aliphatic heterocycles. The Balaban J connectivity index is -0.000000745. The second-order valence-corrected chi connectivity index (χ2v) is 14.1. The monoisotopic (exact) mass is 687 g/mol. The van der Waals surface area contributed by atoms with Gasteiger partial charge in [0.2, 0.25) is 11.8 Å². The van der Waals surface area contributed by atoms with Crippen molar-refractivity contribution in [3.63, 3.8) is 0 Å². The van der Waals surface area contributed by atoms with E-state index in [2.05, 4.69) is 32.3 Å². The van der Waals surface area contributed by atoms with Crippen LogP contribution in [0.15, 0.2) is 0 Å². The second kappa shape index (κ2) is 46.3. The van der Waals surface area contributed by atoms with Crippen molar-refractivity contribution in [2.45, 2.75) is 155 Å². The van der Waals surface area contributed by atoms with E-state index in [1.54, 1.807) is 33.3 Å². The fourth-order valence-corrected chi connectivity index (χ4v) is 4.44. The maximum atomic E-state index is 11.9. The van der Waals surface area contributed by atoms with Gasteiger partial charge in [0, 0.05) is 19.4 Å². The Bertz CT molecular complexity index is 578. The summed E-state index contributed by atoms with van der Waals surface area (Å²) >= 11 is 1.75. The lowest BCUT2D eigenvalue weighted by Gasteiger charge is -2.10. The molecule has 11 heteroatoms. The largest absolute Gasteiger partial charge is 0.480 e. The smallest absolute Gasteiger partial charge is 0.320 e. The summed E-state index contributed by atoms with van der Waals surface area (Å²) < 4.78 is 0. The molecular weight excluding hydrogens is 618 g/mol. The number of nitrogens with one attached hydrogen (secondary N) is 2. The minimum atomic E-state index is -0.840. The standard InChI is InChI=1S/C26H52N3O4P.C2H6S2.C2H6S.C2H6/c27-24(30)20-15-13-11-9-7-5-3-1-2-4-6-8-10-12-14-16-21-25(31)28-22-18-17-19-23(29-34)26(32)33;1-3-4-2;1-3-2;1-2/h23,29H,1-22,34H2,(H2,27,30)(H,28,31)(H,32,33);1-2H3;1-2H3;1-2H3. The number of carboxylic acids is 1. The SMILES string of the molecule is CC.CSC.CSSC.NC(=O)CCCCCCCCCCCCCCCCCCC(=O)NCCCCC(NP)C(=O)O. The van der Waals surface area contributed by atoms with E-state index in [-0.39, 0.29) is 11.8 Å². The van der Waals surface area contributed by atoms with Crippen LogP contribution in [0.2, 0.25) is 0 Å². The summed E-state index contributed by atoms with van der Waals surface area (Å²) in [5, 5.41) is 14.6. The molecule has 0 fully saturated rings. The lowest BCUT2D eigenvalue weighted by Crippen LogP contribution is -2.30. The van der Waals surface area contributed by atoms with Gasteiger partial charge in [-0.15, -0.1) is 0 Å². The summed E-state index contributed by atoms with van der Waals surface area (Å²) in [4.78, 5) is 33.4. The first-order valence-electron chi connectivity index (χ1n) is 16.5. The van der Waals surface area contributed by atoms with Gasteiger partial charge < -0.3 is 16.2 Å². The molecule has 2 amide bonds. The summed E-state index contributed by atoms with van der Waals surface area (Å²) in [5.41, 5.74) is 5.14. The van der Waals surface area contributed by atoms with E-state index in [0.717, 1.165) is 38.5 Å². The highest BCUT2D eigenvalue weighted by molar-refractivity contribution is 8.76. The van der Waals surface area contributed by atoms with Crippen LogP contribution in [0.25, 0.3) is 0 Å². The molecule has 0 saturated heterocycles. The molecule has 2 unspecified atom stereocenters. The van der Waals surface area contributed by atoms with Gasteiger partial charge in [-0.1, -0.05) is 135 Å². The summed E-state index contributed by atoms with van der Waals surface area (Å²) in [5.74, 6) is -0.905. The Hall–Kier alpha value is -0.150. The van der Waals surface area contributed by atoms with Gasteiger partial charge in [0.15, 0.2) is 0 Å². The summed E-state index contributed by atoms with van der Waals surface area (Å²) in [6, 6.07) is -0.534. The molecule has 0 heterocycles. The van der Waals surface area contributed by atoms with Gasteiger partial charge in [0.25, 0.3) is 0 Å². The van der Waals surface area contributed by atoms with Crippen LogP contribution in [-0.4, -0.2) is 60.5 Å². The van der Waals surface area contributed by atoms with Crippen molar-refractivity contribution >= 4 is 60.5 Å². The zero-order valence-electron chi connectivity index (χ0n) is 28.7. The topological polar surface area (TPSA) is 122 Å². The first kappa shape index (κ1) is 49.7. The number of unbranched alkanes of at least 4 members (excludes halogenated alkanes) is 16. The van der Waals surface area contributed by atoms with Gasteiger partial charge in [-0.25, -0.2) is 0 Å². The highest BCUT2D eigenvalue weighted by Gasteiger charge is 2.13. The van der Waals surface area contributed by atoms with Crippen LogP contribution in [0.3, 0.4) is 0 Å². The van der Waals surface area contributed by atoms with Crippen molar-refractivity contribution in [1.82, 2.24) is 10.4 Å². The number of carbonyl (C=O) groups excluding carboxylic acids is 2. The maximum Gasteiger partial charge on any atom is 0.320 e. The van der Waals surface area contributed by atoms with Crippen molar-refractivity contribution in [3.05, 3.63) is 0 Å². The molecule has 0 radical (unpaired) electrons. The Morgan fingerprint density at radius 1 is 0.651 bits per heavy atom. The number of amides is 2. The molecular formula is C32H70N3O4PS3. The van der Waals surface area contributed by atoms with E-state index in [1.165, 1.54) is 77.0 Å². The zero-order valence-corrected chi connectivity index (χ0v) is 32.3. The van der Waals surface area contributed by atoms with Crippen molar-refractivity contribution in [2.24, 2.45) is 5.73 Å². The quantitative estimate of drug-likeness (QED) is 0.0383. The summed E-state index contributed by atoms with van der Waals surface area (Å²) in [6.07, 6.45) is 31.3. The Morgan fingerprint density at radius 2 is 1.00 bits per heavy atom. The van der Waals surface area contributed by atoms with Crippen molar-refractivity contribution < 1.29 is 19.5 Å². The molecule has 0 aromatic rings. The molecule has 0 rings (SSSR count). The van der Waals surface area contributed by atoms with Crippen LogP contribution < -0.4 is 16.1 Å². The zero-order chi connectivity index (χ0) is 33.4. The van der Waals surface area contributed by atoms with E-state index in [4.69, 9.17) is 10.8 Å². The third-order valence-corrected chi connectivity index (χ3v) is 8.22. The van der Waals surface area contributed by atoms with Crippen LogP contribution >= 0.6 is 42.7 Å². The molecule has 0 bridgehead atoms. The molecule has 0 aromatic heterocycles. The molecule has 0 spiro atoms. The number of aliphatic carboxylic acids is 1. The average molecular weight is 688 g/mol. The summed E-state index contributed by atoms with van der Waals surface area (Å²) in [6.45, 7) is 4.63. The number of carbonyl (C=O) groups is 3. The highest BCUT2D eigenvalue weighted by atomic mass is 33.1. The van der Waals surface area contributed by atoms with E-state index in [1.807, 2.05) is 26.4 Å². The number of primary amides is 1. The molecule has 5 N–H and O–H groups in total. The predicted molar refractivity (Wildman–Crippen MR) is 201 cm³/mol. The Labute approximate surface area is 281 Å². The normalized spacial score (nSPS) is 10.7. The number of thioether (sulfide) groups is 1. The fraction of sp³-hybridized carbons (Fsp3) is 0.906. The van der Waals surface area contributed by atoms with Crippen LogP contribution in [0.1, 0.15) is 149 Å². The molecule has 0 aliphatic carbocycles. The third-order valence-electron chi connectivity index (χ3n) is 6.48. The number of rotatable bonds is 27. The number of carboxylic acid groups (broad SMARTS) is 1. The van der Waals surface area contributed by atoms with Crippen LogP contribution in [0.5, 0.6) is 0 Å². The lowest BCUT2D eigenvalue weighted by molar-refractivity contribution is -0.139. The molecule has 7 nitrogen and oxygen atoms in total. The van der Waals surface area contributed by atoms with Gasteiger partial charge in [0.05, 0.1) is 0 Å². The van der Waals surface area contributed by atoms with E-state index in [9.17, 15) is 14.4 Å². The maximum absolute atomic E-state index is 11.9. The fourth-order valence-electron chi connectivity index (χ4n) is 4.13. The van der Waals surface area contributed by atoms with Gasteiger partial charge in [-0.2, -0.15) is 11.8 Å². The molecule has 260 valence electrons. The van der Waals surface area contributed by atoms with Crippen LogP contribution in [-0.2, 0) is 14.4 Å². The highest BCUT2D eigenvalue weighted by Crippen LogP contribution is 2.14. The lowest BCUT2D eigenvalue weighted by atomic mass is 10.0. The first-order chi connectivity index (χ1) is 20.8. The third kappa shape index (κ3) is 51.7. The Kier molecular flexibility index (Phi) is 53.5. The van der Waals surface area contributed by atoms with Crippen molar-refractivity contribution in [1.29, 1.82) is 0 Å². The van der Waals surface area contributed by atoms with E-state index in [0.29, 0.717) is 25.8 Å². The molecule has 0 aromatic carbocycles. The van der Waals surface area contributed by atoms with E-state index < -0.39 is 12.0 Å². The minimum Gasteiger partial charge on any atom is -0.480 e. The van der Waals surface area contributed by atoms with Gasteiger partial charge in [0.1, 0.15) is 6.04 Å². The van der Waals surface area contributed by atoms with Crippen molar-refractivity contribution in [3.8, 4) is 0 Å². The summed E-state index contributed by atoms with van der Waals surface area (Å²) in [7, 11) is 5.79. The van der Waals surface area contributed by atoms with Gasteiger partial charge in [-0.3, -0.25) is 19.5 Å². The number of hydrogen-bond donors (Lipinski definition) is 4. The molecule has 0 saturated carbocycles. The number of hydrogen-bond acceptors (Lipinski definition) is 7. The van der Waals surface area contributed by atoms with Crippen LogP contribution in [0, 0.1) is 0 Å². The number of nitrogens with two attached hydrogens (primary N) is 1. The molecule has 43 heavy (non-hydrogen) atoms. The average Bonchev–Trinajstić information content (AvgIpc) is 2.99. The molecule has 0 aliphatic rings. The minimum absolute atomic E-state index is 0.113. The second-order valence-electron chi connectivity index (χ2n) is 10.3. The van der Waals surface area contributed by atoms with Gasteiger partial charge >= 0.3 is 5.97 Å². The predicted octanol–water partition coefficient (Wildman–Crippen LogP) is 9.25. The first-order valence-corrected chi connectivity index (χ1v) is 21.7.